The highest BCUT2D eigenvalue weighted by Crippen LogP contribution is 2.06. The lowest BCUT2D eigenvalue weighted by Gasteiger charge is -2.24. The van der Waals surface area contributed by atoms with Gasteiger partial charge in [0.05, 0.1) is 39.1 Å². The molecule has 15 heavy (non-hydrogen) atoms. The maximum Gasteiger partial charge on any atom is 0.287 e. The Morgan fingerprint density at radius 2 is 1.87 bits per heavy atom. The Hall–Kier alpha value is -0.920. The Bertz CT molecular complexity index is 363. The molecule has 0 aliphatic heterocycles. The molecular weight excluding hydrogens is 222 g/mol. The molecule has 0 saturated carbocycles. The summed E-state index contributed by atoms with van der Waals surface area (Å²) in [6, 6.07) is 0. The third-order valence-electron chi connectivity index (χ3n) is 1.61. The standard InChI is InChI=1S/C8H15NO5S/c1-9(2,3)5-4-7(8(10)11)6-15(12,13)14/h6H,4-5H2,1-3H3,(H-,10,11,12,13,14). The van der Waals surface area contributed by atoms with Gasteiger partial charge in [-0.2, -0.15) is 8.42 Å². The fourth-order valence-electron chi connectivity index (χ4n) is 0.845. The summed E-state index contributed by atoms with van der Waals surface area (Å²) in [5, 5.41) is 10.8. The number of hydrogen-bond acceptors (Lipinski definition) is 4. The number of nitrogens with zero attached hydrogens (tertiary/aromatic N) is 1. The molecule has 1 N–H and O–H groups in total. The van der Waals surface area contributed by atoms with Crippen molar-refractivity contribution in [1.82, 2.24) is 0 Å². The molecule has 0 spiro atoms. The van der Waals surface area contributed by atoms with Gasteiger partial charge in [0, 0.05) is 6.42 Å². The van der Waals surface area contributed by atoms with Crippen molar-refractivity contribution >= 4 is 16.1 Å². The lowest BCUT2D eigenvalue weighted by molar-refractivity contribution is -0.870. The molecule has 6 nitrogen and oxygen atoms in total. The van der Waals surface area contributed by atoms with Gasteiger partial charge in [-0.25, -0.2) is 0 Å². The van der Waals surface area contributed by atoms with Gasteiger partial charge in [-0.1, -0.05) is 0 Å². The minimum Gasteiger partial charge on any atom is -0.545 e. The van der Waals surface area contributed by atoms with Crippen LogP contribution in [0.15, 0.2) is 11.0 Å². The van der Waals surface area contributed by atoms with E-state index < -0.39 is 21.7 Å². The smallest absolute Gasteiger partial charge is 0.287 e. The van der Waals surface area contributed by atoms with Gasteiger partial charge < -0.3 is 14.4 Å². The van der Waals surface area contributed by atoms with Crippen molar-refractivity contribution in [2.75, 3.05) is 27.7 Å². The number of carboxylic acid groups (broad SMARTS) is 1. The summed E-state index contributed by atoms with van der Waals surface area (Å²) in [6.07, 6.45) is 0.0195. The highest BCUT2D eigenvalue weighted by Gasteiger charge is 2.11. The molecule has 0 aliphatic rings. The van der Waals surface area contributed by atoms with Crippen molar-refractivity contribution < 1.29 is 27.4 Å². The quantitative estimate of drug-likeness (QED) is 0.360. The molecule has 7 heteroatoms. The van der Waals surface area contributed by atoms with E-state index in [1.807, 2.05) is 21.1 Å². The Labute approximate surface area is 89.2 Å². The zero-order valence-corrected chi connectivity index (χ0v) is 9.74. The van der Waals surface area contributed by atoms with E-state index in [2.05, 4.69) is 0 Å². The predicted molar refractivity (Wildman–Crippen MR) is 52.2 cm³/mol. The maximum absolute atomic E-state index is 10.5. The van der Waals surface area contributed by atoms with Crippen LogP contribution in [0.4, 0.5) is 0 Å². The van der Waals surface area contributed by atoms with Crippen molar-refractivity contribution in [2.45, 2.75) is 6.42 Å². The summed E-state index contributed by atoms with van der Waals surface area (Å²) in [5.41, 5.74) is -0.425. The van der Waals surface area contributed by atoms with Crippen molar-refractivity contribution in [3.63, 3.8) is 0 Å². The van der Waals surface area contributed by atoms with Crippen molar-refractivity contribution in [3.05, 3.63) is 11.0 Å². The van der Waals surface area contributed by atoms with Crippen molar-refractivity contribution in [1.29, 1.82) is 0 Å². The minimum atomic E-state index is -4.43. The van der Waals surface area contributed by atoms with Crippen LogP contribution in [0.3, 0.4) is 0 Å². The number of carboxylic acids is 1. The van der Waals surface area contributed by atoms with E-state index >= 15 is 0 Å². The van der Waals surface area contributed by atoms with Gasteiger partial charge in [-0.3, -0.25) is 4.55 Å². The van der Waals surface area contributed by atoms with E-state index in [4.69, 9.17) is 4.55 Å². The molecule has 0 amide bonds. The van der Waals surface area contributed by atoms with Crippen LogP contribution in [-0.2, 0) is 14.9 Å². The van der Waals surface area contributed by atoms with Gasteiger partial charge in [0.2, 0.25) is 0 Å². The molecule has 0 aliphatic carbocycles. The Morgan fingerprint density at radius 1 is 1.40 bits per heavy atom. The molecule has 0 rings (SSSR count). The Morgan fingerprint density at radius 3 is 2.13 bits per heavy atom. The van der Waals surface area contributed by atoms with Crippen LogP contribution in [-0.4, -0.2) is 51.1 Å². The normalized spacial score (nSPS) is 14.0. The Kier molecular flexibility index (Phi) is 4.44. The molecular formula is C8H15NO5S. The maximum atomic E-state index is 10.5. The number of carbonyl (C=O) groups excluding carboxylic acids is 1. The molecule has 0 unspecified atom stereocenters. The lowest BCUT2D eigenvalue weighted by Crippen LogP contribution is -2.37. The predicted octanol–water partition coefficient (Wildman–Crippen LogP) is -1.40. The molecule has 0 atom stereocenters. The van der Waals surface area contributed by atoms with Crippen LogP contribution in [0.25, 0.3) is 0 Å². The molecule has 0 fully saturated rings. The summed E-state index contributed by atoms with van der Waals surface area (Å²) in [4.78, 5) is 10.5. The summed E-state index contributed by atoms with van der Waals surface area (Å²) in [5.74, 6) is -1.58. The molecule has 0 aromatic rings. The zero-order chi connectivity index (χ0) is 12.3. The first kappa shape index (κ1) is 14.1. The second kappa shape index (κ2) is 4.73. The fourth-order valence-corrected chi connectivity index (χ4v) is 1.42. The van der Waals surface area contributed by atoms with Crippen LogP contribution in [0, 0.1) is 0 Å². The summed E-state index contributed by atoms with van der Waals surface area (Å²) >= 11 is 0. The summed E-state index contributed by atoms with van der Waals surface area (Å²) in [7, 11) is 1.08. The van der Waals surface area contributed by atoms with Gasteiger partial charge in [0.25, 0.3) is 10.1 Å². The van der Waals surface area contributed by atoms with Gasteiger partial charge in [0.15, 0.2) is 0 Å². The van der Waals surface area contributed by atoms with Crippen molar-refractivity contribution in [2.24, 2.45) is 0 Å². The van der Waals surface area contributed by atoms with Crippen LogP contribution >= 0.6 is 0 Å². The molecule has 0 aromatic heterocycles. The Balaban J connectivity index is 4.74. The second-order valence-electron chi connectivity index (χ2n) is 4.21. The highest BCUT2D eigenvalue weighted by molar-refractivity contribution is 7.88. The lowest BCUT2D eigenvalue weighted by atomic mass is 10.2. The van der Waals surface area contributed by atoms with Crippen molar-refractivity contribution in [3.8, 4) is 0 Å². The van der Waals surface area contributed by atoms with E-state index in [1.54, 1.807) is 0 Å². The monoisotopic (exact) mass is 237 g/mol. The number of hydrogen-bond donors (Lipinski definition) is 1. The first-order chi connectivity index (χ1) is 6.51. The molecule has 0 aromatic carbocycles. The largest absolute Gasteiger partial charge is 0.545 e. The molecule has 0 radical (unpaired) electrons. The minimum absolute atomic E-state index is 0.0195. The van der Waals surface area contributed by atoms with Gasteiger partial charge in [-0.05, 0) is 5.57 Å². The third-order valence-corrected chi connectivity index (χ3v) is 2.19. The molecule has 88 valence electrons. The first-order valence-electron chi connectivity index (χ1n) is 4.21. The highest BCUT2D eigenvalue weighted by atomic mass is 32.2. The summed E-state index contributed by atoms with van der Waals surface area (Å²) in [6.45, 7) is 0.426. The van der Waals surface area contributed by atoms with Gasteiger partial charge >= 0.3 is 0 Å². The van der Waals surface area contributed by atoms with E-state index in [1.165, 1.54) is 0 Å². The van der Waals surface area contributed by atoms with Crippen LogP contribution in [0.5, 0.6) is 0 Å². The van der Waals surface area contributed by atoms with Gasteiger partial charge in [0.1, 0.15) is 0 Å². The van der Waals surface area contributed by atoms with E-state index in [-0.39, 0.29) is 6.42 Å². The molecule has 0 saturated heterocycles. The fraction of sp³-hybridized carbons (Fsp3) is 0.625. The van der Waals surface area contributed by atoms with Crippen LogP contribution < -0.4 is 5.11 Å². The van der Waals surface area contributed by atoms with Crippen LogP contribution in [0.2, 0.25) is 0 Å². The first-order valence-corrected chi connectivity index (χ1v) is 5.71. The number of aliphatic carboxylic acids is 1. The van der Waals surface area contributed by atoms with E-state index in [0.29, 0.717) is 16.4 Å². The SMILES string of the molecule is C[N+](C)(C)CCC(=CS(=O)(=O)O)C(=O)[O-]. The summed E-state index contributed by atoms with van der Waals surface area (Å²) < 4.78 is 29.9. The average molecular weight is 237 g/mol. The second-order valence-corrected chi connectivity index (χ2v) is 5.48. The number of carbonyl (C=O) groups is 1. The zero-order valence-electron chi connectivity index (χ0n) is 8.93. The topological polar surface area (TPSA) is 94.5 Å². The van der Waals surface area contributed by atoms with Crippen LogP contribution in [0.1, 0.15) is 6.42 Å². The van der Waals surface area contributed by atoms with E-state index in [0.717, 1.165) is 0 Å². The third kappa shape index (κ3) is 8.10. The number of quaternary nitrogens is 1. The molecule has 0 bridgehead atoms. The molecule has 0 heterocycles. The average Bonchev–Trinajstić information content (AvgIpc) is 1.93. The van der Waals surface area contributed by atoms with Gasteiger partial charge in [-0.15, -0.1) is 0 Å². The van der Waals surface area contributed by atoms with E-state index in [9.17, 15) is 18.3 Å². The number of rotatable bonds is 5.